The van der Waals surface area contributed by atoms with E-state index >= 15 is 0 Å². The third-order valence-electron chi connectivity index (χ3n) is 3.00. The maximum Gasteiger partial charge on any atom is 0.250 e. The molecule has 0 unspecified atom stereocenters. The van der Waals surface area contributed by atoms with Gasteiger partial charge in [0, 0.05) is 36.3 Å². The zero-order valence-electron chi connectivity index (χ0n) is 12.1. The number of hydrogen-bond acceptors (Lipinski definition) is 5. The van der Waals surface area contributed by atoms with Gasteiger partial charge in [0.1, 0.15) is 4.21 Å². The van der Waals surface area contributed by atoms with Crippen LogP contribution in [0.15, 0.2) is 34.7 Å². The van der Waals surface area contributed by atoms with Gasteiger partial charge in [-0.25, -0.2) is 13.1 Å². The smallest absolute Gasteiger partial charge is 0.250 e. The number of sulfonamides is 1. The molecule has 0 aliphatic carbocycles. The van der Waals surface area contributed by atoms with Crippen molar-refractivity contribution in [2.75, 3.05) is 13.6 Å². The summed E-state index contributed by atoms with van der Waals surface area (Å²) in [5.74, 6) is 0. The van der Waals surface area contributed by atoms with Gasteiger partial charge < -0.3 is 5.32 Å². The number of aryl methyl sites for hydroxylation is 1. The number of nitrogens with one attached hydrogen (secondary N) is 2. The summed E-state index contributed by atoms with van der Waals surface area (Å²) in [6, 6.07) is 7.34. The molecule has 0 aliphatic rings. The molecule has 0 aliphatic heterocycles. The molecule has 7 heteroatoms. The maximum atomic E-state index is 12.3. The highest BCUT2D eigenvalue weighted by Gasteiger charge is 2.18. The van der Waals surface area contributed by atoms with Crippen molar-refractivity contribution in [3.63, 3.8) is 0 Å². The zero-order valence-corrected chi connectivity index (χ0v) is 13.7. The van der Waals surface area contributed by atoms with E-state index in [4.69, 9.17) is 0 Å². The minimum atomic E-state index is -3.44. The molecular weight excluding hydrogens is 306 g/mol. The lowest BCUT2D eigenvalue weighted by atomic mass is 10.3. The highest BCUT2D eigenvalue weighted by Crippen LogP contribution is 2.25. The van der Waals surface area contributed by atoms with Crippen molar-refractivity contribution < 1.29 is 8.42 Å². The Morgan fingerprint density at radius 1 is 1.33 bits per heavy atom. The van der Waals surface area contributed by atoms with Gasteiger partial charge in [0.2, 0.25) is 10.0 Å². The normalized spacial score (nSPS) is 11.7. The van der Waals surface area contributed by atoms with Crippen LogP contribution in [0.4, 0.5) is 0 Å². The quantitative estimate of drug-likeness (QED) is 0.813. The molecular formula is C14H19N3O2S2. The fourth-order valence-electron chi connectivity index (χ4n) is 1.89. The van der Waals surface area contributed by atoms with Crippen molar-refractivity contribution in [2.24, 2.45) is 0 Å². The molecule has 2 rings (SSSR count). The molecule has 0 atom stereocenters. The van der Waals surface area contributed by atoms with Crippen LogP contribution in [0.25, 0.3) is 0 Å². The minimum Gasteiger partial charge on any atom is -0.315 e. The molecule has 2 N–H and O–H groups in total. The standard InChI is InChI=1S/C14H19N3O2S2/c1-11-9-14(20-13(11)10-15-2)21(18,19)17-8-6-12-5-3-4-7-16-12/h3-5,7,9,15,17H,6,8,10H2,1-2H3. The summed E-state index contributed by atoms with van der Waals surface area (Å²) in [6.07, 6.45) is 2.28. The van der Waals surface area contributed by atoms with Crippen LogP contribution in [-0.2, 0) is 23.0 Å². The SMILES string of the molecule is CNCc1sc(S(=O)(=O)NCCc2ccccn2)cc1C. The number of aromatic nitrogens is 1. The van der Waals surface area contributed by atoms with Gasteiger partial charge in [-0.2, -0.15) is 0 Å². The van der Waals surface area contributed by atoms with Gasteiger partial charge in [-0.1, -0.05) is 6.07 Å². The average Bonchev–Trinajstić information content (AvgIpc) is 2.83. The van der Waals surface area contributed by atoms with Gasteiger partial charge >= 0.3 is 0 Å². The Hall–Kier alpha value is -1.28. The summed E-state index contributed by atoms with van der Waals surface area (Å²) in [4.78, 5) is 5.22. The Kier molecular flexibility index (Phi) is 5.46. The summed E-state index contributed by atoms with van der Waals surface area (Å²) in [6.45, 7) is 2.95. The van der Waals surface area contributed by atoms with E-state index in [2.05, 4.69) is 15.0 Å². The number of nitrogens with zero attached hydrogens (tertiary/aromatic N) is 1. The highest BCUT2D eigenvalue weighted by molar-refractivity contribution is 7.91. The summed E-state index contributed by atoms with van der Waals surface area (Å²) < 4.78 is 27.5. The number of pyridine rings is 1. The molecule has 0 spiro atoms. The van der Waals surface area contributed by atoms with E-state index in [1.54, 1.807) is 12.3 Å². The second-order valence-corrected chi connectivity index (χ2v) is 7.80. The van der Waals surface area contributed by atoms with Crippen molar-refractivity contribution >= 4 is 21.4 Å². The van der Waals surface area contributed by atoms with Crippen LogP contribution >= 0.6 is 11.3 Å². The molecule has 0 fully saturated rings. The first-order valence-electron chi connectivity index (χ1n) is 6.66. The predicted octanol–water partition coefficient (Wildman–Crippen LogP) is 1.69. The topological polar surface area (TPSA) is 71.1 Å². The lowest BCUT2D eigenvalue weighted by Gasteiger charge is -2.04. The van der Waals surface area contributed by atoms with E-state index in [-0.39, 0.29) is 0 Å². The molecule has 2 heterocycles. The van der Waals surface area contributed by atoms with Crippen molar-refractivity contribution in [2.45, 2.75) is 24.1 Å². The fourth-order valence-corrected chi connectivity index (χ4v) is 4.57. The molecule has 0 amide bonds. The van der Waals surface area contributed by atoms with Crippen molar-refractivity contribution in [1.82, 2.24) is 15.0 Å². The van der Waals surface area contributed by atoms with Crippen LogP contribution in [0.1, 0.15) is 16.1 Å². The molecule has 0 aromatic carbocycles. The molecule has 21 heavy (non-hydrogen) atoms. The van der Waals surface area contributed by atoms with E-state index in [0.29, 0.717) is 23.7 Å². The largest absolute Gasteiger partial charge is 0.315 e. The average molecular weight is 325 g/mol. The molecule has 0 radical (unpaired) electrons. The lowest BCUT2D eigenvalue weighted by Crippen LogP contribution is -2.25. The Bertz CT molecular complexity index is 681. The second kappa shape index (κ2) is 7.13. The van der Waals surface area contributed by atoms with Crippen molar-refractivity contribution in [1.29, 1.82) is 0 Å². The molecule has 0 bridgehead atoms. The van der Waals surface area contributed by atoms with Crippen molar-refractivity contribution in [3.8, 4) is 0 Å². The van der Waals surface area contributed by atoms with Gasteiger partial charge in [-0.3, -0.25) is 4.98 Å². The van der Waals surface area contributed by atoms with Gasteiger partial charge in [-0.05, 0) is 37.7 Å². The van der Waals surface area contributed by atoms with Gasteiger partial charge in [0.25, 0.3) is 0 Å². The van der Waals surface area contributed by atoms with Crippen LogP contribution in [0.2, 0.25) is 0 Å². The van der Waals surface area contributed by atoms with E-state index in [0.717, 1.165) is 16.1 Å². The van der Waals surface area contributed by atoms with Gasteiger partial charge in [0.15, 0.2) is 0 Å². The third kappa shape index (κ3) is 4.34. The van der Waals surface area contributed by atoms with E-state index in [9.17, 15) is 8.42 Å². The maximum absolute atomic E-state index is 12.3. The van der Waals surface area contributed by atoms with E-state index in [1.807, 2.05) is 32.2 Å². The van der Waals surface area contributed by atoms with Crippen LogP contribution in [0, 0.1) is 6.92 Å². The Balaban J connectivity index is 2.00. The second-order valence-electron chi connectivity index (χ2n) is 4.67. The molecule has 2 aromatic heterocycles. The first-order valence-corrected chi connectivity index (χ1v) is 8.96. The Labute approximate surface area is 129 Å². The predicted molar refractivity (Wildman–Crippen MR) is 84.9 cm³/mol. The summed E-state index contributed by atoms with van der Waals surface area (Å²) in [7, 11) is -1.59. The van der Waals surface area contributed by atoms with Crippen LogP contribution in [-0.4, -0.2) is 27.0 Å². The molecule has 2 aromatic rings. The molecule has 114 valence electrons. The third-order valence-corrected chi connectivity index (χ3v) is 6.17. The lowest BCUT2D eigenvalue weighted by molar-refractivity contribution is 0.583. The monoisotopic (exact) mass is 325 g/mol. The zero-order chi connectivity index (χ0) is 15.3. The van der Waals surface area contributed by atoms with Crippen LogP contribution in [0.3, 0.4) is 0 Å². The molecule has 0 saturated carbocycles. The summed E-state index contributed by atoms with van der Waals surface area (Å²) >= 11 is 1.31. The molecule has 5 nitrogen and oxygen atoms in total. The van der Waals surface area contributed by atoms with Gasteiger partial charge in [-0.15, -0.1) is 11.3 Å². The fraction of sp³-hybridized carbons (Fsp3) is 0.357. The first-order chi connectivity index (χ1) is 10.0. The number of thiophene rings is 1. The number of hydrogen-bond donors (Lipinski definition) is 2. The van der Waals surface area contributed by atoms with Crippen molar-refractivity contribution in [3.05, 3.63) is 46.6 Å². The summed E-state index contributed by atoms with van der Waals surface area (Å²) in [5.41, 5.74) is 1.87. The highest BCUT2D eigenvalue weighted by atomic mass is 32.2. The Morgan fingerprint density at radius 3 is 2.81 bits per heavy atom. The number of rotatable bonds is 7. The van der Waals surface area contributed by atoms with E-state index < -0.39 is 10.0 Å². The van der Waals surface area contributed by atoms with Crippen LogP contribution < -0.4 is 10.0 Å². The summed E-state index contributed by atoms with van der Waals surface area (Å²) in [5, 5.41) is 3.04. The van der Waals surface area contributed by atoms with Gasteiger partial charge in [0.05, 0.1) is 0 Å². The first kappa shape index (κ1) is 16.1. The molecule has 0 saturated heterocycles. The Morgan fingerprint density at radius 2 is 2.14 bits per heavy atom. The van der Waals surface area contributed by atoms with Crippen LogP contribution in [0.5, 0.6) is 0 Å². The van der Waals surface area contributed by atoms with E-state index in [1.165, 1.54) is 11.3 Å². The minimum absolute atomic E-state index is 0.345.